The zero-order valence-electron chi connectivity index (χ0n) is 9.61. The molecule has 1 aliphatic heterocycles. The number of H-pyrrole nitrogens is 1. The minimum atomic E-state index is -0.307. The number of aromatic amines is 1. The van der Waals surface area contributed by atoms with Gasteiger partial charge in [0.25, 0.3) is 11.5 Å². The number of carbonyl (C=O) groups excluding carboxylic acids is 1. The van der Waals surface area contributed by atoms with E-state index in [1.165, 1.54) is 25.0 Å². The molecule has 0 aliphatic carbocycles. The summed E-state index contributed by atoms with van der Waals surface area (Å²) in [4.78, 5) is 24.7. The molecule has 17 heavy (non-hydrogen) atoms. The lowest BCUT2D eigenvalue weighted by Gasteiger charge is -2.14. The third-order valence-electron chi connectivity index (χ3n) is 2.82. The zero-order chi connectivity index (χ0) is 12.1. The van der Waals surface area contributed by atoms with E-state index in [1.807, 2.05) is 0 Å². The number of nitrogens with one attached hydrogen (secondary N) is 2. The van der Waals surface area contributed by atoms with Crippen molar-refractivity contribution in [2.24, 2.45) is 0 Å². The molecule has 1 aromatic rings. The van der Waals surface area contributed by atoms with Crippen LogP contribution in [0.3, 0.4) is 0 Å². The topological polar surface area (TPSA) is 78.1 Å². The summed E-state index contributed by atoms with van der Waals surface area (Å²) in [5.74, 6) is -0.250. The lowest BCUT2D eigenvalue weighted by Crippen LogP contribution is -2.34. The van der Waals surface area contributed by atoms with Crippen LogP contribution in [-0.4, -0.2) is 47.2 Å². The van der Waals surface area contributed by atoms with Crippen molar-refractivity contribution in [1.29, 1.82) is 0 Å². The number of carbonyl (C=O) groups is 1. The van der Waals surface area contributed by atoms with Crippen LogP contribution < -0.4 is 10.9 Å². The molecule has 6 heteroatoms. The van der Waals surface area contributed by atoms with Crippen molar-refractivity contribution in [2.75, 3.05) is 26.2 Å². The molecule has 2 heterocycles. The van der Waals surface area contributed by atoms with Gasteiger partial charge in [0.05, 0.1) is 0 Å². The normalized spacial score (nSPS) is 16.0. The second kappa shape index (κ2) is 5.58. The molecule has 0 bridgehead atoms. The Hall–Kier alpha value is -1.69. The number of hydrogen-bond acceptors (Lipinski definition) is 4. The van der Waals surface area contributed by atoms with E-state index in [0.29, 0.717) is 6.54 Å². The van der Waals surface area contributed by atoms with Gasteiger partial charge in [0.15, 0.2) is 0 Å². The van der Waals surface area contributed by atoms with Gasteiger partial charge in [-0.3, -0.25) is 9.59 Å². The molecule has 0 radical (unpaired) electrons. The van der Waals surface area contributed by atoms with E-state index in [4.69, 9.17) is 0 Å². The highest BCUT2D eigenvalue weighted by Crippen LogP contribution is 2.05. The first-order valence-electron chi connectivity index (χ1n) is 5.82. The van der Waals surface area contributed by atoms with Crippen molar-refractivity contribution in [3.63, 3.8) is 0 Å². The Bertz CT molecular complexity index is 417. The number of likely N-dealkylation sites (tertiary alicyclic amines) is 1. The van der Waals surface area contributed by atoms with Crippen LogP contribution in [0.5, 0.6) is 0 Å². The van der Waals surface area contributed by atoms with Gasteiger partial charge in [-0.1, -0.05) is 0 Å². The van der Waals surface area contributed by atoms with Gasteiger partial charge in [-0.25, -0.2) is 5.10 Å². The maximum absolute atomic E-state index is 11.6. The molecule has 2 N–H and O–H groups in total. The van der Waals surface area contributed by atoms with Crippen LogP contribution in [0.4, 0.5) is 0 Å². The molecule has 1 amide bonds. The minimum Gasteiger partial charge on any atom is -0.349 e. The van der Waals surface area contributed by atoms with Crippen molar-refractivity contribution in [3.8, 4) is 0 Å². The number of rotatable bonds is 4. The van der Waals surface area contributed by atoms with E-state index in [2.05, 4.69) is 20.4 Å². The maximum Gasteiger partial charge on any atom is 0.271 e. The summed E-state index contributed by atoms with van der Waals surface area (Å²) in [5, 5.41) is 8.68. The highest BCUT2D eigenvalue weighted by Gasteiger charge is 2.12. The predicted molar refractivity (Wildman–Crippen MR) is 62.9 cm³/mol. The first-order chi connectivity index (χ1) is 8.25. The molecule has 92 valence electrons. The standard InChI is InChI=1S/C11H16N4O2/c16-10-4-3-9(13-14-10)11(17)12-5-8-15-6-1-2-7-15/h3-4H,1-2,5-8H2,(H,12,17)(H,14,16). The van der Waals surface area contributed by atoms with E-state index >= 15 is 0 Å². The lowest BCUT2D eigenvalue weighted by atomic mass is 10.3. The number of hydrogen-bond donors (Lipinski definition) is 2. The molecule has 1 aromatic heterocycles. The van der Waals surface area contributed by atoms with Gasteiger partial charge < -0.3 is 10.2 Å². The van der Waals surface area contributed by atoms with Gasteiger partial charge in [0.1, 0.15) is 5.69 Å². The molecule has 0 aromatic carbocycles. The molecule has 1 saturated heterocycles. The Balaban J connectivity index is 1.76. The van der Waals surface area contributed by atoms with Crippen LogP contribution in [0.15, 0.2) is 16.9 Å². The monoisotopic (exact) mass is 236 g/mol. The minimum absolute atomic E-state index is 0.242. The van der Waals surface area contributed by atoms with Crippen LogP contribution in [0.25, 0.3) is 0 Å². The average Bonchev–Trinajstić information content (AvgIpc) is 2.83. The summed E-state index contributed by atoms with van der Waals surface area (Å²) in [7, 11) is 0. The van der Waals surface area contributed by atoms with Gasteiger partial charge >= 0.3 is 0 Å². The Morgan fingerprint density at radius 3 is 2.82 bits per heavy atom. The molecule has 0 atom stereocenters. The maximum atomic E-state index is 11.6. The highest BCUT2D eigenvalue weighted by molar-refractivity contribution is 5.91. The highest BCUT2D eigenvalue weighted by atomic mass is 16.2. The van der Waals surface area contributed by atoms with Crippen LogP contribution in [-0.2, 0) is 0 Å². The van der Waals surface area contributed by atoms with E-state index < -0.39 is 0 Å². The van der Waals surface area contributed by atoms with Gasteiger partial charge in [-0.15, -0.1) is 0 Å². The predicted octanol–water partition coefficient (Wildman–Crippen LogP) is -0.404. The summed E-state index contributed by atoms with van der Waals surface area (Å²) in [5.41, 5.74) is -0.0651. The summed E-state index contributed by atoms with van der Waals surface area (Å²) >= 11 is 0. The molecular weight excluding hydrogens is 220 g/mol. The summed E-state index contributed by atoms with van der Waals surface area (Å²) in [6.07, 6.45) is 2.49. The fraction of sp³-hybridized carbons (Fsp3) is 0.545. The molecule has 0 saturated carbocycles. The van der Waals surface area contributed by atoms with Crippen LogP contribution >= 0.6 is 0 Å². The van der Waals surface area contributed by atoms with Crippen molar-refractivity contribution < 1.29 is 4.79 Å². The summed E-state index contributed by atoms with van der Waals surface area (Å²) in [6.45, 7) is 3.72. The molecule has 1 fully saturated rings. The fourth-order valence-electron chi connectivity index (χ4n) is 1.90. The van der Waals surface area contributed by atoms with Crippen molar-refractivity contribution in [1.82, 2.24) is 20.4 Å². The Morgan fingerprint density at radius 2 is 2.18 bits per heavy atom. The van der Waals surface area contributed by atoms with Gasteiger partial charge in [0, 0.05) is 19.2 Å². The molecular formula is C11H16N4O2. The lowest BCUT2D eigenvalue weighted by molar-refractivity contribution is 0.0943. The second-order valence-electron chi connectivity index (χ2n) is 4.11. The van der Waals surface area contributed by atoms with Crippen molar-refractivity contribution in [2.45, 2.75) is 12.8 Å². The Labute approximate surface area is 99.0 Å². The summed E-state index contributed by atoms with van der Waals surface area (Å²) in [6, 6.07) is 2.71. The van der Waals surface area contributed by atoms with E-state index in [9.17, 15) is 9.59 Å². The quantitative estimate of drug-likeness (QED) is 0.745. The Kier molecular flexibility index (Phi) is 3.87. The fourth-order valence-corrected chi connectivity index (χ4v) is 1.90. The Morgan fingerprint density at radius 1 is 1.41 bits per heavy atom. The first kappa shape index (κ1) is 11.8. The zero-order valence-corrected chi connectivity index (χ0v) is 9.61. The molecule has 0 spiro atoms. The molecule has 6 nitrogen and oxygen atoms in total. The second-order valence-corrected chi connectivity index (χ2v) is 4.11. The largest absolute Gasteiger partial charge is 0.349 e. The molecule has 0 unspecified atom stereocenters. The number of amides is 1. The average molecular weight is 236 g/mol. The first-order valence-corrected chi connectivity index (χ1v) is 5.82. The van der Waals surface area contributed by atoms with Gasteiger partial charge in [-0.2, -0.15) is 5.10 Å². The van der Waals surface area contributed by atoms with E-state index in [0.717, 1.165) is 19.6 Å². The SMILES string of the molecule is O=C(NCCN1CCCC1)c1ccc(=O)[nH]n1. The smallest absolute Gasteiger partial charge is 0.271 e. The molecule has 2 rings (SSSR count). The van der Waals surface area contributed by atoms with Crippen LogP contribution in [0.2, 0.25) is 0 Å². The van der Waals surface area contributed by atoms with Crippen molar-refractivity contribution >= 4 is 5.91 Å². The van der Waals surface area contributed by atoms with Gasteiger partial charge in [0.2, 0.25) is 0 Å². The summed E-state index contributed by atoms with van der Waals surface area (Å²) < 4.78 is 0. The number of nitrogens with zero attached hydrogens (tertiary/aromatic N) is 2. The third-order valence-corrected chi connectivity index (χ3v) is 2.82. The van der Waals surface area contributed by atoms with Crippen LogP contribution in [0, 0.1) is 0 Å². The number of aromatic nitrogens is 2. The molecule has 1 aliphatic rings. The third kappa shape index (κ3) is 3.39. The van der Waals surface area contributed by atoms with Crippen LogP contribution in [0.1, 0.15) is 23.3 Å². The van der Waals surface area contributed by atoms with E-state index in [1.54, 1.807) is 0 Å². The van der Waals surface area contributed by atoms with Crippen molar-refractivity contribution in [3.05, 3.63) is 28.2 Å². The van der Waals surface area contributed by atoms with E-state index in [-0.39, 0.29) is 17.2 Å². The van der Waals surface area contributed by atoms with Gasteiger partial charge in [-0.05, 0) is 32.0 Å².